The number of hydrogen-bond donors (Lipinski definition) is 1. The molecule has 1 N–H and O–H groups in total. The summed E-state index contributed by atoms with van der Waals surface area (Å²) in [7, 11) is -2.10. The minimum Gasteiger partial charge on any atom is -0.493 e. The second kappa shape index (κ2) is 12.5. The average molecular weight is 643 g/mol. The van der Waals surface area contributed by atoms with Crippen molar-refractivity contribution in [3.05, 3.63) is 94.7 Å². The molecule has 2 aliphatic heterocycles. The maximum absolute atomic E-state index is 14.2. The summed E-state index contributed by atoms with van der Waals surface area (Å²) in [5.41, 5.74) is 6.37. The molecule has 0 amide bonds. The first kappa shape index (κ1) is 32.3. The van der Waals surface area contributed by atoms with Gasteiger partial charge in [-0.15, -0.1) is 0 Å². The summed E-state index contributed by atoms with van der Waals surface area (Å²) in [6, 6.07) is 20.0. The van der Waals surface area contributed by atoms with Gasteiger partial charge in [0.2, 0.25) is 10.0 Å². The number of ketones is 1. The fourth-order valence-electron chi connectivity index (χ4n) is 7.38. The van der Waals surface area contributed by atoms with E-state index in [9.17, 15) is 18.3 Å². The Kier molecular flexibility index (Phi) is 8.81. The molecule has 7 nitrogen and oxygen atoms in total. The van der Waals surface area contributed by atoms with Gasteiger partial charge >= 0.3 is 0 Å². The van der Waals surface area contributed by atoms with Crippen LogP contribution < -0.4 is 9.04 Å². The first-order valence-corrected chi connectivity index (χ1v) is 18.0. The molecule has 0 fully saturated rings. The van der Waals surface area contributed by atoms with Gasteiger partial charge in [0, 0.05) is 37.2 Å². The van der Waals surface area contributed by atoms with E-state index in [1.54, 1.807) is 27.0 Å². The predicted molar refractivity (Wildman–Crippen MR) is 185 cm³/mol. The van der Waals surface area contributed by atoms with Crippen molar-refractivity contribution >= 4 is 32.4 Å². The molecule has 2 aliphatic rings. The number of ether oxygens (including phenoxy) is 1. The predicted octanol–water partition coefficient (Wildman–Crippen LogP) is 7.21. The summed E-state index contributed by atoms with van der Waals surface area (Å²) in [4.78, 5) is 14.2. The second-order valence-corrected chi connectivity index (χ2v) is 16.5. The zero-order valence-electron chi connectivity index (χ0n) is 27.6. The molecule has 8 heteroatoms. The third-order valence-corrected chi connectivity index (χ3v) is 12.6. The molecule has 1 unspecified atom stereocenters. The lowest BCUT2D eigenvalue weighted by Gasteiger charge is -2.29. The largest absolute Gasteiger partial charge is 0.493 e. The Balaban J connectivity index is 1.30. The number of carbonyl (C=O) groups is 1. The molecule has 3 aromatic carbocycles. The molecule has 1 aromatic heterocycles. The van der Waals surface area contributed by atoms with E-state index in [0.717, 1.165) is 47.0 Å². The van der Waals surface area contributed by atoms with Gasteiger partial charge in [-0.3, -0.25) is 9.10 Å². The summed E-state index contributed by atoms with van der Waals surface area (Å²) in [6.07, 6.45) is 5.15. The van der Waals surface area contributed by atoms with E-state index in [1.165, 1.54) is 15.4 Å². The highest BCUT2D eigenvalue weighted by Crippen LogP contribution is 2.41. The van der Waals surface area contributed by atoms with Crippen molar-refractivity contribution in [1.82, 2.24) is 4.57 Å². The minimum atomic E-state index is -3.69. The number of nitrogens with zero attached hydrogens (tertiary/aromatic N) is 2. The molecule has 0 bridgehead atoms. The molecular weight excluding hydrogens is 596 g/mol. The summed E-state index contributed by atoms with van der Waals surface area (Å²) in [5.74, 6) is 0.851. The van der Waals surface area contributed by atoms with Crippen molar-refractivity contribution in [2.24, 2.45) is 5.92 Å². The molecule has 0 saturated carbocycles. The normalized spacial score (nSPS) is 19.6. The summed E-state index contributed by atoms with van der Waals surface area (Å²) in [5, 5.41) is 12.6. The molecule has 0 aliphatic carbocycles. The molecular formula is C38H46N2O5S. The van der Waals surface area contributed by atoms with Gasteiger partial charge in [0.1, 0.15) is 10.5 Å². The van der Waals surface area contributed by atoms with Crippen LogP contribution in [0.5, 0.6) is 5.75 Å². The molecule has 4 aromatic rings. The number of hydrogen-bond acceptors (Lipinski definition) is 5. The molecule has 244 valence electrons. The number of aliphatic hydroxyl groups is 1. The van der Waals surface area contributed by atoms with Gasteiger partial charge in [-0.25, -0.2) is 8.42 Å². The maximum atomic E-state index is 14.2. The van der Waals surface area contributed by atoms with Crippen LogP contribution in [0.2, 0.25) is 0 Å². The number of sulfonamides is 1. The number of rotatable bonds is 10. The lowest BCUT2D eigenvalue weighted by atomic mass is 9.82. The number of aliphatic hydroxyl groups excluding tert-OH is 1. The number of fused-ring (bicyclic) bond motifs is 1. The van der Waals surface area contributed by atoms with Gasteiger partial charge in [0.15, 0.2) is 5.78 Å². The fraction of sp³-hybridized carbons (Fsp3) is 0.447. The van der Waals surface area contributed by atoms with Crippen LogP contribution in [0.15, 0.2) is 66.9 Å². The van der Waals surface area contributed by atoms with E-state index in [2.05, 4.69) is 32.0 Å². The third-order valence-electron chi connectivity index (χ3n) is 10.2. The smallest absolute Gasteiger partial charge is 0.241 e. The Labute approximate surface area is 273 Å². The topological polar surface area (TPSA) is 88.8 Å². The summed E-state index contributed by atoms with van der Waals surface area (Å²) in [6.45, 7) is 8.64. The van der Waals surface area contributed by atoms with Crippen LogP contribution in [0.1, 0.15) is 85.0 Å². The molecule has 46 heavy (non-hydrogen) atoms. The second-order valence-electron chi connectivity index (χ2n) is 13.9. The first-order chi connectivity index (χ1) is 21.9. The molecule has 6 rings (SSSR count). The van der Waals surface area contributed by atoms with Crippen LogP contribution in [0.25, 0.3) is 10.9 Å². The number of aryl methyl sites for hydroxylation is 2. The van der Waals surface area contributed by atoms with E-state index >= 15 is 0 Å². The van der Waals surface area contributed by atoms with Gasteiger partial charge in [-0.2, -0.15) is 0 Å². The monoisotopic (exact) mass is 642 g/mol. The van der Waals surface area contributed by atoms with Crippen molar-refractivity contribution in [2.75, 3.05) is 18.0 Å². The highest BCUT2D eigenvalue weighted by atomic mass is 32.2. The zero-order chi connectivity index (χ0) is 32.8. The van der Waals surface area contributed by atoms with E-state index in [0.29, 0.717) is 43.2 Å². The molecule has 0 saturated heterocycles. The van der Waals surface area contributed by atoms with Crippen molar-refractivity contribution in [3.63, 3.8) is 0 Å². The van der Waals surface area contributed by atoms with E-state index in [1.807, 2.05) is 47.2 Å². The average Bonchev–Trinajstić information content (AvgIpc) is 3.36. The minimum absolute atomic E-state index is 0.0888. The van der Waals surface area contributed by atoms with Gasteiger partial charge in [0.25, 0.3) is 0 Å². The summed E-state index contributed by atoms with van der Waals surface area (Å²) >= 11 is 0. The van der Waals surface area contributed by atoms with Crippen LogP contribution in [0.3, 0.4) is 0 Å². The third kappa shape index (κ3) is 5.97. The van der Waals surface area contributed by atoms with Crippen LogP contribution >= 0.6 is 0 Å². The van der Waals surface area contributed by atoms with Crippen LogP contribution in [-0.2, 0) is 29.4 Å². The highest BCUT2D eigenvalue weighted by molar-refractivity contribution is 7.94. The first-order valence-electron chi connectivity index (χ1n) is 16.5. The lowest BCUT2D eigenvalue weighted by molar-refractivity contribution is 0.0730. The van der Waals surface area contributed by atoms with E-state index < -0.39 is 20.9 Å². The molecule has 3 heterocycles. The number of Topliss-reactive ketones (excluding diaryl/α,β-unsaturated/α-hetero) is 1. The quantitative estimate of drug-likeness (QED) is 0.185. The van der Waals surface area contributed by atoms with E-state index in [-0.39, 0.29) is 18.1 Å². The van der Waals surface area contributed by atoms with Gasteiger partial charge < -0.3 is 14.4 Å². The Morgan fingerprint density at radius 1 is 1.11 bits per heavy atom. The lowest BCUT2D eigenvalue weighted by Crippen LogP contribution is -2.44. The van der Waals surface area contributed by atoms with Gasteiger partial charge in [-0.1, -0.05) is 49.4 Å². The molecule has 0 spiro atoms. The number of benzene rings is 3. The molecule has 3 atom stereocenters. The SMILES string of the molecule is CCc1cn2c3c(cc(C(=O)C[C@@H](Cc4ccccc4)[C@H](O)CCC4CCOc5cc(C)ccc54)cc13)N(C)S(=O)(=O)C(C)(C)C2. The van der Waals surface area contributed by atoms with Crippen molar-refractivity contribution < 1.29 is 23.1 Å². The van der Waals surface area contributed by atoms with Crippen LogP contribution in [0.4, 0.5) is 5.69 Å². The highest BCUT2D eigenvalue weighted by Gasteiger charge is 2.42. The summed E-state index contributed by atoms with van der Waals surface area (Å²) < 4.78 is 35.6. The Morgan fingerprint density at radius 2 is 1.87 bits per heavy atom. The standard InChI is InChI=1S/C38H46N2O5S/c1-6-27-23-40-24-38(3,4)46(43,44)39(5)33-21-30(20-32(27)37(33)40)35(42)22-29(19-26-10-8-7-9-11-26)34(41)15-13-28-16-17-45-36-18-25(2)12-14-31(28)36/h7-12,14,18,20-21,23,28-29,34,41H,6,13,15-17,19,22,24H2,1-5H3/t28?,29-,34-/m1/s1. The number of anilines is 1. The number of carbonyl (C=O) groups excluding carboxylic acids is 1. The molecule has 0 radical (unpaired) electrons. The van der Waals surface area contributed by atoms with Crippen molar-refractivity contribution in [1.29, 1.82) is 0 Å². The van der Waals surface area contributed by atoms with Crippen LogP contribution in [0, 0.1) is 12.8 Å². The maximum Gasteiger partial charge on any atom is 0.241 e. The Hall–Kier alpha value is -3.62. The van der Waals surface area contributed by atoms with Crippen LogP contribution in [-0.4, -0.2) is 48.4 Å². The fourth-order valence-corrected chi connectivity index (χ4v) is 8.82. The van der Waals surface area contributed by atoms with Gasteiger partial charge in [-0.05, 0) is 105 Å². The van der Waals surface area contributed by atoms with Gasteiger partial charge in [0.05, 0.1) is 23.9 Å². The Morgan fingerprint density at radius 3 is 2.61 bits per heavy atom. The van der Waals surface area contributed by atoms with Crippen molar-refractivity contribution in [2.45, 2.75) is 89.5 Å². The van der Waals surface area contributed by atoms with Crippen molar-refractivity contribution in [3.8, 4) is 5.75 Å². The Bertz CT molecular complexity index is 1860. The van der Waals surface area contributed by atoms with E-state index in [4.69, 9.17) is 4.74 Å². The number of aromatic nitrogens is 1. The zero-order valence-corrected chi connectivity index (χ0v) is 28.4.